The van der Waals surface area contributed by atoms with Crippen molar-refractivity contribution in [1.29, 1.82) is 0 Å². The van der Waals surface area contributed by atoms with Gasteiger partial charge in [-0.2, -0.15) is 4.98 Å². The van der Waals surface area contributed by atoms with Crippen molar-refractivity contribution in [2.75, 3.05) is 6.54 Å². The smallest absolute Gasteiger partial charge is 0.226 e. The van der Waals surface area contributed by atoms with Crippen LogP contribution in [0.1, 0.15) is 43.6 Å². The summed E-state index contributed by atoms with van der Waals surface area (Å²) in [4.78, 5) is 8.68. The largest absolute Gasteiger partial charge is 0.339 e. The second kappa shape index (κ2) is 7.75. The van der Waals surface area contributed by atoms with Crippen LogP contribution in [0.2, 0.25) is 0 Å². The van der Waals surface area contributed by atoms with E-state index in [1.807, 2.05) is 18.2 Å². The molecule has 0 aliphatic heterocycles. The predicted molar refractivity (Wildman–Crippen MR) is 77.1 cm³/mol. The number of nitrogens with zero attached hydrogens (tertiary/aromatic N) is 3. The fourth-order valence-corrected chi connectivity index (χ4v) is 2.24. The Balaban J connectivity index is 1.86. The Morgan fingerprint density at radius 1 is 1.30 bits per heavy atom. The second-order valence-electron chi connectivity index (χ2n) is 4.99. The van der Waals surface area contributed by atoms with Crippen LogP contribution >= 0.6 is 0 Å². The first-order valence-electron chi connectivity index (χ1n) is 7.23. The second-order valence-corrected chi connectivity index (χ2v) is 4.99. The maximum atomic E-state index is 5.61. The summed E-state index contributed by atoms with van der Waals surface area (Å²) in [7, 11) is 0. The van der Waals surface area contributed by atoms with E-state index >= 15 is 0 Å². The van der Waals surface area contributed by atoms with E-state index in [4.69, 9.17) is 10.3 Å². The first-order chi connectivity index (χ1) is 9.81. The van der Waals surface area contributed by atoms with Crippen LogP contribution in [0.25, 0.3) is 0 Å². The summed E-state index contributed by atoms with van der Waals surface area (Å²) < 4.78 is 5.29. The molecule has 2 rings (SSSR count). The van der Waals surface area contributed by atoms with Crippen molar-refractivity contribution >= 4 is 0 Å². The van der Waals surface area contributed by atoms with Gasteiger partial charge in [-0.05, 0) is 37.4 Å². The number of hydrogen-bond acceptors (Lipinski definition) is 5. The molecule has 1 atom stereocenters. The lowest BCUT2D eigenvalue weighted by molar-refractivity contribution is 0.351. The minimum absolute atomic E-state index is 0.615. The third-order valence-corrected chi connectivity index (χ3v) is 3.49. The average Bonchev–Trinajstić information content (AvgIpc) is 2.92. The molecule has 2 aromatic heterocycles. The van der Waals surface area contributed by atoms with Crippen LogP contribution in [0.15, 0.2) is 28.9 Å². The number of aryl methyl sites for hydroxylation is 1. The number of rotatable bonds is 8. The van der Waals surface area contributed by atoms with Crippen LogP contribution < -0.4 is 5.73 Å². The van der Waals surface area contributed by atoms with Crippen LogP contribution in [-0.4, -0.2) is 21.7 Å². The first kappa shape index (κ1) is 14.7. The molecule has 20 heavy (non-hydrogen) atoms. The van der Waals surface area contributed by atoms with Crippen molar-refractivity contribution in [3.63, 3.8) is 0 Å². The Labute approximate surface area is 119 Å². The number of pyridine rings is 1. The Hall–Kier alpha value is -1.75. The van der Waals surface area contributed by atoms with E-state index in [1.54, 1.807) is 6.20 Å². The lowest BCUT2D eigenvalue weighted by atomic mass is 9.97. The summed E-state index contributed by atoms with van der Waals surface area (Å²) in [5.41, 5.74) is 6.56. The summed E-state index contributed by atoms with van der Waals surface area (Å²) in [6, 6.07) is 5.82. The lowest BCUT2D eigenvalue weighted by Crippen LogP contribution is -2.09. The zero-order valence-corrected chi connectivity index (χ0v) is 12.0. The highest BCUT2D eigenvalue weighted by Crippen LogP contribution is 2.15. The molecule has 2 aromatic rings. The van der Waals surface area contributed by atoms with Gasteiger partial charge in [-0.3, -0.25) is 4.98 Å². The van der Waals surface area contributed by atoms with Gasteiger partial charge in [0.25, 0.3) is 0 Å². The van der Waals surface area contributed by atoms with E-state index in [9.17, 15) is 0 Å². The third-order valence-electron chi connectivity index (χ3n) is 3.49. The minimum atomic E-state index is 0.615. The summed E-state index contributed by atoms with van der Waals surface area (Å²) in [5, 5.41) is 4.01. The van der Waals surface area contributed by atoms with Gasteiger partial charge in [0.15, 0.2) is 5.82 Å². The molecule has 0 aromatic carbocycles. The van der Waals surface area contributed by atoms with Crippen LogP contribution in [0, 0.1) is 5.92 Å². The molecule has 0 radical (unpaired) electrons. The molecular weight excluding hydrogens is 252 g/mol. The van der Waals surface area contributed by atoms with Crippen molar-refractivity contribution in [1.82, 2.24) is 15.1 Å². The van der Waals surface area contributed by atoms with Gasteiger partial charge in [-0.15, -0.1) is 0 Å². The summed E-state index contributed by atoms with van der Waals surface area (Å²) >= 11 is 0. The molecule has 5 heteroatoms. The summed E-state index contributed by atoms with van der Waals surface area (Å²) in [5.74, 6) is 2.06. The van der Waals surface area contributed by atoms with Gasteiger partial charge in [0.2, 0.25) is 5.89 Å². The van der Waals surface area contributed by atoms with Gasteiger partial charge in [-0.1, -0.05) is 24.6 Å². The number of nitrogens with two attached hydrogens (primary N) is 1. The van der Waals surface area contributed by atoms with Crippen molar-refractivity contribution in [2.45, 2.75) is 39.0 Å². The summed E-state index contributed by atoms with van der Waals surface area (Å²) in [6.45, 7) is 2.94. The molecule has 0 fully saturated rings. The zero-order chi connectivity index (χ0) is 14.2. The van der Waals surface area contributed by atoms with Crippen LogP contribution in [0.5, 0.6) is 0 Å². The highest BCUT2D eigenvalue weighted by molar-refractivity contribution is 5.09. The van der Waals surface area contributed by atoms with E-state index in [0.29, 0.717) is 24.1 Å². The van der Waals surface area contributed by atoms with Crippen molar-refractivity contribution < 1.29 is 4.52 Å². The monoisotopic (exact) mass is 274 g/mol. The standard InChI is InChI=1S/C15H22N4O/c1-2-12(8-9-16)6-7-15-18-14(19-20-15)11-13-5-3-4-10-17-13/h3-5,10,12H,2,6-9,11,16H2,1H3. The molecule has 0 spiro atoms. The molecule has 5 nitrogen and oxygen atoms in total. The highest BCUT2D eigenvalue weighted by atomic mass is 16.5. The van der Waals surface area contributed by atoms with E-state index in [0.717, 1.165) is 37.9 Å². The van der Waals surface area contributed by atoms with Crippen molar-refractivity contribution in [2.24, 2.45) is 11.7 Å². The molecule has 108 valence electrons. The lowest BCUT2D eigenvalue weighted by Gasteiger charge is -2.11. The molecule has 1 unspecified atom stereocenters. The molecule has 0 aliphatic rings. The fraction of sp³-hybridized carbons (Fsp3) is 0.533. The Morgan fingerprint density at radius 2 is 2.20 bits per heavy atom. The van der Waals surface area contributed by atoms with Crippen molar-refractivity contribution in [3.8, 4) is 0 Å². The summed E-state index contributed by atoms with van der Waals surface area (Å²) in [6.07, 6.45) is 6.48. The van der Waals surface area contributed by atoms with Crippen LogP contribution in [0.4, 0.5) is 0 Å². The van der Waals surface area contributed by atoms with Crippen molar-refractivity contribution in [3.05, 3.63) is 41.8 Å². The SMILES string of the molecule is CCC(CCN)CCc1nc(Cc2ccccn2)no1. The van der Waals surface area contributed by atoms with Gasteiger partial charge in [0.1, 0.15) is 0 Å². The van der Waals surface area contributed by atoms with E-state index in [1.165, 1.54) is 0 Å². The van der Waals surface area contributed by atoms with Gasteiger partial charge in [0, 0.05) is 18.3 Å². The molecule has 0 saturated heterocycles. The molecule has 2 N–H and O–H groups in total. The van der Waals surface area contributed by atoms with E-state index in [2.05, 4.69) is 22.0 Å². The molecule has 0 amide bonds. The van der Waals surface area contributed by atoms with Crippen LogP contribution in [-0.2, 0) is 12.8 Å². The normalized spacial score (nSPS) is 12.5. The van der Waals surface area contributed by atoms with E-state index in [-0.39, 0.29) is 0 Å². The van der Waals surface area contributed by atoms with Gasteiger partial charge < -0.3 is 10.3 Å². The average molecular weight is 274 g/mol. The molecule has 0 bridgehead atoms. The number of hydrogen-bond donors (Lipinski definition) is 1. The molecule has 0 aliphatic carbocycles. The number of aromatic nitrogens is 3. The van der Waals surface area contributed by atoms with E-state index < -0.39 is 0 Å². The highest BCUT2D eigenvalue weighted by Gasteiger charge is 2.11. The first-order valence-corrected chi connectivity index (χ1v) is 7.23. The van der Waals surface area contributed by atoms with Gasteiger partial charge in [-0.25, -0.2) is 0 Å². The zero-order valence-electron chi connectivity index (χ0n) is 12.0. The Bertz CT molecular complexity index is 498. The quantitative estimate of drug-likeness (QED) is 0.799. The maximum Gasteiger partial charge on any atom is 0.226 e. The van der Waals surface area contributed by atoms with Gasteiger partial charge >= 0.3 is 0 Å². The third kappa shape index (κ3) is 4.42. The molecule has 0 saturated carbocycles. The van der Waals surface area contributed by atoms with Gasteiger partial charge in [0.05, 0.1) is 6.42 Å². The topological polar surface area (TPSA) is 77.8 Å². The predicted octanol–water partition coefficient (Wildman–Crippen LogP) is 2.36. The molecule has 2 heterocycles. The minimum Gasteiger partial charge on any atom is -0.339 e. The fourth-order valence-electron chi connectivity index (χ4n) is 2.24. The Kier molecular flexibility index (Phi) is 5.68. The van der Waals surface area contributed by atoms with Crippen LogP contribution in [0.3, 0.4) is 0 Å². The maximum absolute atomic E-state index is 5.61. The Morgan fingerprint density at radius 3 is 2.90 bits per heavy atom. The molecular formula is C15H22N4O.